The van der Waals surface area contributed by atoms with Crippen LogP contribution in [0.15, 0.2) is 36.4 Å². The fourth-order valence-electron chi connectivity index (χ4n) is 2.68. The highest BCUT2D eigenvalue weighted by atomic mass is 16.5. The number of rotatable bonds is 9. The number of ether oxygens (including phenoxy) is 3. The minimum atomic E-state index is -0.311. The Labute approximate surface area is 170 Å². The molecule has 0 aliphatic rings. The van der Waals surface area contributed by atoms with Crippen molar-refractivity contribution in [2.75, 3.05) is 53.4 Å². The average Bonchev–Trinajstić information content (AvgIpc) is 2.75. The molecule has 29 heavy (non-hydrogen) atoms. The van der Waals surface area contributed by atoms with Gasteiger partial charge in [0, 0.05) is 44.0 Å². The lowest BCUT2D eigenvalue weighted by Crippen LogP contribution is -2.34. The maximum absolute atomic E-state index is 12.4. The van der Waals surface area contributed by atoms with Crippen molar-refractivity contribution in [3.63, 3.8) is 0 Å². The van der Waals surface area contributed by atoms with E-state index < -0.39 is 0 Å². The van der Waals surface area contributed by atoms with Crippen LogP contribution in [-0.4, -0.2) is 60.3 Å². The number of carbonyl (C=O) groups is 2. The van der Waals surface area contributed by atoms with Crippen molar-refractivity contribution >= 4 is 17.5 Å². The molecule has 0 aliphatic heterocycles. The van der Waals surface area contributed by atoms with E-state index in [4.69, 9.17) is 14.2 Å². The minimum absolute atomic E-state index is 0.197. The normalized spacial score (nSPS) is 10.1. The Bertz CT molecular complexity index is 825. The molecule has 2 rings (SSSR count). The van der Waals surface area contributed by atoms with Gasteiger partial charge in [0.25, 0.3) is 11.8 Å². The summed E-state index contributed by atoms with van der Waals surface area (Å²) in [6.07, 6.45) is 0. The molecule has 0 atom stereocenters. The van der Waals surface area contributed by atoms with Crippen LogP contribution in [0.5, 0.6) is 17.2 Å². The van der Waals surface area contributed by atoms with Crippen molar-refractivity contribution in [1.82, 2.24) is 10.6 Å². The first-order chi connectivity index (χ1) is 13.9. The Morgan fingerprint density at radius 1 is 0.793 bits per heavy atom. The Morgan fingerprint density at radius 3 is 1.69 bits per heavy atom. The van der Waals surface area contributed by atoms with Crippen LogP contribution in [0.4, 0.5) is 5.69 Å². The number of hydrogen-bond acceptors (Lipinski definition) is 6. The first-order valence-electron chi connectivity index (χ1n) is 9.05. The summed E-state index contributed by atoms with van der Waals surface area (Å²) in [6.45, 7) is 0.571. The lowest BCUT2D eigenvalue weighted by Gasteiger charge is -2.14. The van der Waals surface area contributed by atoms with Gasteiger partial charge in [-0.25, -0.2) is 0 Å². The molecule has 0 aliphatic carbocycles. The van der Waals surface area contributed by atoms with Gasteiger partial charge in [0.2, 0.25) is 5.75 Å². The number of nitrogens with zero attached hydrogens (tertiary/aromatic N) is 1. The zero-order valence-corrected chi connectivity index (χ0v) is 17.4. The molecule has 2 aromatic rings. The molecule has 8 nitrogen and oxygen atoms in total. The third kappa shape index (κ3) is 5.54. The maximum atomic E-state index is 12.4. The summed E-state index contributed by atoms with van der Waals surface area (Å²) in [5, 5.41) is 5.54. The van der Waals surface area contributed by atoms with Gasteiger partial charge in [0.15, 0.2) is 11.5 Å². The van der Waals surface area contributed by atoms with Gasteiger partial charge in [-0.2, -0.15) is 0 Å². The van der Waals surface area contributed by atoms with Gasteiger partial charge < -0.3 is 29.7 Å². The van der Waals surface area contributed by atoms with Crippen molar-refractivity contribution in [2.45, 2.75) is 0 Å². The van der Waals surface area contributed by atoms with Crippen LogP contribution >= 0.6 is 0 Å². The molecule has 0 bridgehead atoms. The summed E-state index contributed by atoms with van der Waals surface area (Å²) in [7, 11) is 8.34. The summed E-state index contributed by atoms with van der Waals surface area (Å²) in [6, 6.07) is 10.4. The van der Waals surface area contributed by atoms with Gasteiger partial charge in [0.1, 0.15) is 0 Å². The predicted octanol–water partition coefficient (Wildman–Crippen LogP) is 1.94. The van der Waals surface area contributed by atoms with Crippen molar-refractivity contribution in [2.24, 2.45) is 0 Å². The molecule has 2 aromatic carbocycles. The fraction of sp³-hybridized carbons (Fsp3) is 0.333. The van der Waals surface area contributed by atoms with Gasteiger partial charge in [-0.15, -0.1) is 0 Å². The standard InChI is InChI=1S/C21H27N3O5/c1-24(2)16-8-6-14(7-9-16)20(25)22-10-11-23-21(26)15-12-17(27-3)19(29-5)18(13-15)28-4/h6-9,12-13H,10-11H2,1-5H3,(H,22,25)(H,23,26). The second kappa shape index (κ2) is 10.2. The van der Waals surface area contributed by atoms with E-state index in [-0.39, 0.29) is 18.4 Å². The van der Waals surface area contributed by atoms with E-state index in [0.717, 1.165) is 5.69 Å². The largest absolute Gasteiger partial charge is 0.493 e. The molecule has 0 fully saturated rings. The van der Waals surface area contributed by atoms with Crippen LogP contribution in [0.25, 0.3) is 0 Å². The van der Waals surface area contributed by atoms with Crippen molar-refractivity contribution < 1.29 is 23.8 Å². The number of methoxy groups -OCH3 is 3. The lowest BCUT2D eigenvalue weighted by molar-refractivity contribution is 0.0927. The van der Waals surface area contributed by atoms with E-state index in [0.29, 0.717) is 34.9 Å². The van der Waals surface area contributed by atoms with E-state index in [1.807, 2.05) is 31.1 Å². The smallest absolute Gasteiger partial charge is 0.251 e. The molecule has 0 saturated carbocycles. The Hall–Kier alpha value is -3.42. The first-order valence-corrected chi connectivity index (χ1v) is 9.05. The van der Waals surface area contributed by atoms with Crippen LogP contribution in [0.3, 0.4) is 0 Å². The Kier molecular flexibility index (Phi) is 7.70. The second-order valence-corrected chi connectivity index (χ2v) is 6.37. The van der Waals surface area contributed by atoms with E-state index in [2.05, 4.69) is 10.6 Å². The molecule has 2 amide bonds. The zero-order chi connectivity index (χ0) is 21.4. The predicted molar refractivity (Wildman–Crippen MR) is 112 cm³/mol. The molecular formula is C21H27N3O5. The van der Waals surface area contributed by atoms with Gasteiger partial charge in [-0.05, 0) is 36.4 Å². The molecule has 0 heterocycles. The minimum Gasteiger partial charge on any atom is -0.493 e. The van der Waals surface area contributed by atoms with Gasteiger partial charge in [0.05, 0.1) is 21.3 Å². The highest BCUT2D eigenvalue weighted by molar-refractivity contribution is 5.96. The van der Waals surface area contributed by atoms with E-state index >= 15 is 0 Å². The van der Waals surface area contributed by atoms with Crippen LogP contribution in [0.2, 0.25) is 0 Å². The molecular weight excluding hydrogens is 374 g/mol. The topological polar surface area (TPSA) is 89.1 Å². The van der Waals surface area contributed by atoms with E-state index in [1.165, 1.54) is 21.3 Å². The molecule has 0 aromatic heterocycles. The third-order valence-corrected chi connectivity index (χ3v) is 4.27. The summed E-state index contributed by atoms with van der Waals surface area (Å²) >= 11 is 0. The lowest BCUT2D eigenvalue weighted by atomic mass is 10.1. The van der Waals surface area contributed by atoms with Gasteiger partial charge in [-0.3, -0.25) is 9.59 Å². The van der Waals surface area contributed by atoms with Crippen molar-refractivity contribution in [1.29, 1.82) is 0 Å². The quantitative estimate of drug-likeness (QED) is 0.625. The van der Waals surface area contributed by atoms with Crippen LogP contribution < -0.4 is 29.7 Å². The summed E-state index contributed by atoms with van der Waals surface area (Å²) < 4.78 is 15.8. The molecule has 2 N–H and O–H groups in total. The molecule has 156 valence electrons. The van der Waals surface area contributed by atoms with Crippen LogP contribution in [0, 0.1) is 0 Å². The van der Waals surface area contributed by atoms with Gasteiger partial charge >= 0.3 is 0 Å². The average molecular weight is 401 g/mol. The molecule has 0 radical (unpaired) electrons. The number of carbonyl (C=O) groups excluding carboxylic acids is 2. The van der Waals surface area contributed by atoms with Crippen molar-refractivity contribution in [3.05, 3.63) is 47.5 Å². The van der Waals surface area contributed by atoms with Crippen LogP contribution in [-0.2, 0) is 0 Å². The zero-order valence-electron chi connectivity index (χ0n) is 17.4. The highest BCUT2D eigenvalue weighted by Crippen LogP contribution is 2.38. The summed E-state index contributed by atoms with van der Waals surface area (Å²) in [4.78, 5) is 26.6. The molecule has 0 saturated heterocycles. The number of anilines is 1. The van der Waals surface area contributed by atoms with E-state index in [9.17, 15) is 9.59 Å². The van der Waals surface area contributed by atoms with Crippen LogP contribution in [0.1, 0.15) is 20.7 Å². The molecule has 0 spiro atoms. The summed E-state index contributed by atoms with van der Waals surface area (Å²) in [5.74, 6) is 0.697. The number of amides is 2. The number of nitrogens with one attached hydrogen (secondary N) is 2. The van der Waals surface area contributed by atoms with Gasteiger partial charge in [-0.1, -0.05) is 0 Å². The monoisotopic (exact) mass is 401 g/mol. The third-order valence-electron chi connectivity index (χ3n) is 4.27. The molecule has 0 unspecified atom stereocenters. The maximum Gasteiger partial charge on any atom is 0.251 e. The number of benzene rings is 2. The Morgan fingerprint density at radius 2 is 1.28 bits per heavy atom. The fourth-order valence-corrected chi connectivity index (χ4v) is 2.68. The summed E-state index contributed by atoms with van der Waals surface area (Å²) in [5.41, 5.74) is 1.94. The van der Waals surface area contributed by atoms with Crippen molar-refractivity contribution in [3.8, 4) is 17.2 Å². The highest BCUT2D eigenvalue weighted by Gasteiger charge is 2.16. The Balaban J connectivity index is 1.90. The SMILES string of the molecule is COc1cc(C(=O)NCCNC(=O)c2ccc(N(C)C)cc2)cc(OC)c1OC. The number of hydrogen-bond donors (Lipinski definition) is 2. The van der Waals surface area contributed by atoms with E-state index in [1.54, 1.807) is 24.3 Å². The molecule has 8 heteroatoms. The second-order valence-electron chi connectivity index (χ2n) is 6.37. The first kappa shape index (κ1) is 21.9.